The zero-order valence-corrected chi connectivity index (χ0v) is 18.3. The minimum atomic E-state index is 0.0426. The number of amides is 1. The van der Waals surface area contributed by atoms with Crippen molar-refractivity contribution < 1.29 is 9.53 Å². The van der Waals surface area contributed by atoms with Crippen molar-refractivity contribution in [2.24, 2.45) is 0 Å². The first-order valence-electron chi connectivity index (χ1n) is 10.9. The van der Waals surface area contributed by atoms with E-state index in [1.807, 2.05) is 49.4 Å². The Balaban J connectivity index is 1.34. The Bertz CT molecular complexity index is 1040. The van der Waals surface area contributed by atoms with Gasteiger partial charge in [-0.1, -0.05) is 54.6 Å². The third kappa shape index (κ3) is 5.15. The van der Waals surface area contributed by atoms with Crippen LogP contribution in [0.1, 0.15) is 34.3 Å². The fraction of sp³-hybridized carbons (Fsp3) is 0.296. The molecule has 4 heteroatoms. The van der Waals surface area contributed by atoms with Crippen molar-refractivity contribution in [2.75, 3.05) is 20.2 Å². The molecule has 0 bridgehead atoms. The van der Waals surface area contributed by atoms with Gasteiger partial charge in [0.05, 0.1) is 7.11 Å². The van der Waals surface area contributed by atoms with Gasteiger partial charge in [0.25, 0.3) is 5.91 Å². The number of hydrogen-bond donors (Lipinski definition) is 1. The SMILES string of the molecule is COc1ccccc1-c1cccc(CN2CCC(NC(=O)c3ccccc3C)CC2)c1. The summed E-state index contributed by atoms with van der Waals surface area (Å²) >= 11 is 0. The van der Waals surface area contributed by atoms with Gasteiger partial charge in [-0.3, -0.25) is 9.69 Å². The van der Waals surface area contributed by atoms with Gasteiger partial charge in [0.15, 0.2) is 0 Å². The number of rotatable bonds is 6. The highest BCUT2D eigenvalue weighted by molar-refractivity contribution is 5.95. The maximum atomic E-state index is 12.6. The van der Waals surface area contributed by atoms with E-state index in [1.165, 1.54) is 11.1 Å². The number of carbonyl (C=O) groups is 1. The number of hydrogen-bond acceptors (Lipinski definition) is 3. The summed E-state index contributed by atoms with van der Waals surface area (Å²) in [4.78, 5) is 15.1. The van der Waals surface area contributed by atoms with Crippen molar-refractivity contribution >= 4 is 5.91 Å². The van der Waals surface area contributed by atoms with Crippen LogP contribution in [0.5, 0.6) is 5.75 Å². The van der Waals surface area contributed by atoms with Crippen LogP contribution in [0.25, 0.3) is 11.1 Å². The van der Waals surface area contributed by atoms with Crippen molar-refractivity contribution in [3.63, 3.8) is 0 Å². The standard InChI is InChI=1S/C27H30N2O2/c1-20-8-3-4-11-24(20)27(30)28-23-14-16-29(17-15-23)19-21-9-7-10-22(18-21)25-12-5-6-13-26(25)31-2/h3-13,18,23H,14-17,19H2,1-2H3,(H,28,30). The van der Waals surface area contributed by atoms with E-state index in [0.717, 1.165) is 54.9 Å². The fourth-order valence-electron chi connectivity index (χ4n) is 4.30. The highest BCUT2D eigenvalue weighted by Gasteiger charge is 2.22. The molecule has 0 saturated carbocycles. The number of likely N-dealkylation sites (tertiary alicyclic amines) is 1. The third-order valence-corrected chi connectivity index (χ3v) is 6.06. The molecule has 1 heterocycles. The summed E-state index contributed by atoms with van der Waals surface area (Å²) in [5.74, 6) is 0.936. The second kappa shape index (κ2) is 9.80. The summed E-state index contributed by atoms with van der Waals surface area (Å²) in [7, 11) is 1.71. The monoisotopic (exact) mass is 414 g/mol. The Morgan fingerprint density at radius 2 is 1.74 bits per heavy atom. The lowest BCUT2D eigenvalue weighted by Gasteiger charge is -2.32. The van der Waals surface area contributed by atoms with E-state index in [2.05, 4.69) is 40.5 Å². The molecule has 31 heavy (non-hydrogen) atoms. The fourth-order valence-corrected chi connectivity index (χ4v) is 4.30. The number of nitrogens with zero attached hydrogens (tertiary/aromatic N) is 1. The van der Waals surface area contributed by atoms with Gasteiger partial charge >= 0.3 is 0 Å². The number of methoxy groups -OCH3 is 1. The Hall–Kier alpha value is -3.11. The van der Waals surface area contributed by atoms with Crippen LogP contribution in [-0.2, 0) is 6.54 Å². The highest BCUT2D eigenvalue weighted by Crippen LogP contribution is 2.30. The zero-order valence-electron chi connectivity index (χ0n) is 18.3. The maximum absolute atomic E-state index is 12.6. The van der Waals surface area contributed by atoms with E-state index >= 15 is 0 Å². The van der Waals surface area contributed by atoms with Gasteiger partial charge in [-0.05, 0) is 54.7 Å². The Morgan fingerprint density at radius 1 is 1.00 bits per heavy atom. The molecular weight excluding hydrogens is 384 g/mol. The van der Waals surface area contributed by atoms with Crippen LogP contribution in [0.15, 0.2) is 72.8 Å². The molecule has 1 saturated heterocycles. The van der Waals surface area contributed by atoms with Crippen LogP contribution in [-0.4, -0.2) is 37.0 Å². The summed E-state index contributed by atoms with van der Waals surface area (Å²) in [5, 5.41) is 3.22. The molecule has 0 spiro atoms. The first-order chi connectivity index (χ1) is 15.1. The lowest BCUT2D eigenvalue weighted by molar-refractivity contribution is 0.0908. The minimum Gasteiger partial charge on any atom is -0.496 e. The number of ether oxygens (including phenoxy) is 1. The molecule has 1 aliphatic rings. The van der Waals surface area contributed by atoms with E-state index < -0.39 is 0 Å². The van der Waals surface area contributed by atoms with E-state index in [-0.39, 0.29) is 11.9 Å². The van der Waals surface area contributed by atoms with Crippen LogP contribution in [0.2, 0.25) is 0 Å². The van der Waals surface area contributed by atoms with Crippen LogP contribution in [0.4, 0.5) is 0 Å². The second-order valence-corrected chi connectivity index (χ2v) is 8.24. The number of benzene rings is 3. The van der Waals surface area contributed by atoms with E-state index in [9.17, 15) is 4.79 Å². The Morgan fingerprint density at radius 3 is 2.52 bits per heavy atom. The molecular formula is C27H30N2O2. The van der Waals surface area contributed by atoms with Gasteiger partial charge in [-0.25, -0.2) is 0 Å². The minimum absolute atomic E-state index is 0.0426. The van der Waals surface area contributed by atoms with E-state index in [1.54, 1.807) is 7.11 Å². The summed E-state index contributed by atoms with van der Waals surface area (Å²) in [6.07, 6.45) is 1.95. The van der Waals surface area contributed by atoms with Gasteiger partial charge < -0.3 is 10.1 Å². The van der Waals surface area contributed by atoms with Crippen LogP contribution in [0, 0.1) is 6.92 Å². The molecule has 160 valence electrons. The molecule has 0 radical (unpaired) electrons. The van der Waals surface area contributed by atoms with Crippen molar-refractivity contribution in [3.05, 3.63) is 89.5 Å². The quantitative estimate of drug-likeness (QED) is 0.613. The number of nitrogens with one attached hydrogen (secondary N) is 1. The topological polar surface area (TPSA) is 41.6 Å². The summed E-state index contributed by atoms with van der Waals surface area (Å²) in [5.41, 5.74) is 5.39. The zero-order chi connectivity index (χ0) is 21.6. The normalized spacial score (nSPS) is 14.9. The summed E-state index contributed by atoms with van der Waals surface area (Å²) in [6.45, 7) is 4.87. The van der Waals surface area contributed by atoms with Crippen molar-refractivity contribution in [3.8, 4) is 16.9 Å². The Kier molecular flexibility index (Phi) is 6.68. The van der Waals surface area contributed by atoms with E-state index in [0.29, 0.717) is 0 Å². The van der Waals surface area contributed by atoms with Crippen LogP contribution in [0.3, 0.4) is 0 Å². The number of carbonyl (C=O) groups excluding carboxylic acids is 1. The first kappa shape index (κ1) is 21.1. The summed E-state index contributed by atoms with van der Waals surface area (Å²) in [6, 6.07) is 24.8. The Labute approximate surface area is 184 Å². The van der Waals surface area contributed by atoms with Crippen LogP contribution >= 0.6 is 0 Å². The van der Waals surface area contributed by atoms with Crippen molar-refractivity contribution in [1.29, 1.82) is 0 Å². The predicted molar refractivity (Wildman–Crippen MR) is 125 cm³/mol. The average molecular weight is 415 g/mol. The van der Waals surface area contributed by atoms with E-state index in [4.69, 9.17) is 4.74 Å². The molecule has 3 aromatic rings. The largest absolute Gasteiger partial charge is 0.496 e. The van der Waals surface area contributed by atoms with Gasteiger partial charge in [0.2, 0.25) is 0 Å². The molecule has 3 aromatic carbocycles. The number of piperidine rings is 1. The molecule has 1 N–H and O–H groups in total. The van der Waals surface area contributed by atoms with Crippen molar-refractivity contribution in [1.82, 2.24) is 10.2 Å². The molecule has 1 amide bonds. The third-order valence-electron chi connectivity index (χ3n) is 6.06. The maximum Gasteiger partial charge on any atom is 0.251 e. The molecule has 1 aliphatic heterocycles. The molecule has 4 nitrogen and oxygen atoms in total. The lowest BCUT2D eigenvalue weighted by atomic mass is 10.0. The van der Waals surface area contributed by atoms with Gasteiger partial charge in [0, 0.05) is 36.8 Å². The number of aryl methyl sites for hydroxylation is 1. The van der Waals surface area contributed by atoms with Gasteiger partial charge in [0.1, 0.15) is 5.75 Å². The smallest absolute Gasteiger partial charge is 0.251 e. The average Bonchev–Trinajstić information content (AvgIpc) is 2.81. The lowest BCUT2D eigenvalue weighted by Crippen LogP contribution is -2.44. The molecule has 0 aliphatic carbocycles. The van der Waals surface area contributed by atoms with Gasteiger partial charge in [-0.15, -0.1) is 0 Å². The molecule has 0 aromatic heterocycles. The predicted octanol–water partition coefficient (Wildman–Crippen LogP) is 5.07. The van der Waals surface area contributed by atoms with Gasteiger partial charge in [-0.2, -0.15) is 0 Å². The number of para-hydroxylation sites is 1. The highest BCUT2D eigenvalue weighted by atomic mass is 16.5. The molecule has 0 unspecified atom stereocenters. The molecule has 1 fully saturated rings. The summed E-state index contributed by atoms with van der Waals surface area (Å²) < 4.78 is 5.53. The van der Waals surface area contributed by atoms with Crippen LogP contribution < -0.4 is 10.1 Å². The second-order valence-electron chi connectivity index (χ2n) is 8.24. The van der Waals surface area contributed by atoms with Crippen molar-refractivity contribution in [2.45, 2.75) is 32.4 Å². The first-order valence-corrected chi connectivity index (χ1v) is 10.9. The molecule has 0 atom stereocenters. The molecule has 4 rings (SSSR count).